The van der Waals surface area contributed by atoms with Gasteiger partial charge in [0, 0.05) is 22.3 Å². The first kappa shape index (κ1) is 40.6. The van der Waals surface area contributed by atoms with Crippen LogP contribution in [0.25, 0.3) is 16.5 Å². The Morgan fingerprint density at radius 2 is 1.72 bits per heavy atom. The van der Waals surface area contributed by atoms with E-state index in [0.717, 1.165) is 11.6 Å². The molecule has 4 atom stereocenters. The SMILES string of the molecule is CN(C)[C@@H]1c2onc(OCc3ccccc3)c2C(=O)[C@@]2(O[Si](C)(C)C(C)(C)C)C(=O)C3=C(O)c4c(c(Cl)c5ccc(F)cc5c4OC(=O)OC(C)(C)C)C[C@H]3C[C@@H]12. The first-order chi connectivity index (χ1) is 26.6. The monoisotopic (exact) mass is 818 g/mol. The van der Waals surface area contributed by atoms with E-state index in [0.29, 0.717) is 10.9 Å². The molecule has 0 unspecified atom stereocenters. The number of hydrogen-bond donors (Lipinski definition) is 1. The molecule has 3 aromatic carbocycles. The Bertz CT molecular complexity index is 2340. The topological polar surface area (TPSA) is 138 Å². The molecule has 3 aliphatic rings. The van der Waals surface area contributed by atoms with Crippen molar-refractivity contribution < 1.29 is 47.0 Å². The molecule has 0 saturated heterocycles. The van der Waals surface area contributed by atoms with Crippen LogP contribution >= 0.6 is 11.6 Å². The molecule has 1 heterocycles. The number of hydrogen-bond acceptors (Lipinski definition) is 11. The number of carbonyl (C=O) groups is 3. The Morgan fingerprint density at radius 1 is 1.04 bits per heavy atom. The Hall–Kier alpha value is -4.56. The molecular weight excluding hydrogens is 771 g/mol. The number of ether oxygens (including phenoxy) is 3. The minimum atomic E-state index is -3.01. The number of aliphatic hydroxyl groups excluding tert-OH is 1. The van der Waals surface area contributed by atoms with Crippen LogP contribution in [0.5, 0.6) is 11.6 Å². The van der Waals surface area contributed by atoms with Gasteiger partial charge in [-0.2, -0.15) is 0 Å². The summed E-state index contributed by atoms with van der Waals surface area (Å²) in [6.07, 6.45) is -0.800. The third-order valence-corrected chi connectivity index (χ3v) is 16.6. The molecule has 1 N–H and O–H groups in total. The molecule has 11 nitrogen and oxygen atoms in total. The predicted molar refractivity (Wildman–Crippen MR) is 215 cm³/mol. The lowest BCUT2D eigenvalue weighted by Gasteiger charge is -2.55. The highest BCUT2D eigenvalue weighted by Crippen LogP contribution is 2.60. The highest BCUT2D eigenvalue weighted by Gasteiger charge is 2.69. The van der Waals surface area contributed by atoms with Crippen molar-refractivity contribution >= 4 is 54.2 Å². The number of Topliss-reactive ketones (excluding diaryl/α,β-unsaturated/α-hetero) is 2. The average molecular weight is 819 g/mol. The van der Waals surface area contributed by atoms with Gasteiger partial charge in [0.25, 0.3) is 5.88 Å². The van der Waals surface area contributed by atoms with E-state index in [-0.39, 0.29) is 63.9 Å². The molecule has 302 valence electrons. The van der Waals surface area contributed by atoms with E-state index in [2.05, 4.69) is 5.16 Å². The van der Waals surface area contributed by atoms with Crippen LogP contribution in [0.1, 0.15) is 86.8 Å². The second-order valence-electron chi connectivity index (χ2n) is 17.9. The maximum Gasteiger partial charge on any atom is 0.514 e. The molecule has 57 heavy (non-hydrogen) atoms. The fourth-order valence-electron chi connectivity index (χ4n) is 8.19. The third-order valence-electron chi connectivity index (χ3n) is 11.7. The zero-order chi connectivity index (χ0) is 41.6. The Kier molecular flexibility index (Phi) is 10.0. The lowest BCUT2D eigenvalue weighted by atomic mass is 9.57. The minimum absolute atomic E-state index is 0.00107. The molecule has 3 aliphatic carbocycles. The minimum Gasteiger partial charge on any atom is -0.507 e. The fourth-order valence-corrected chi connectivity index (χ4v) is 9.97. The summed E-state index contributed by atoms with van der Waals surface area (Å²) in [6.45, 7) is 15.0. The number of aromatic nitrogens is 1. The highest BCUT2D eigenvalue weighted by atomic mass is 35.5. The lowest BCUT2D eigenvalue weighted by molar-refractivity contribution is -0.140. The number of aliphatic hydroxyl groups is 1. The van der Waals surface area contributed by atoms with Gasteiger partial charge in [-0.3, -0.25) is 14.5 Å². The van der Waals surface area contributed by atoms with Crippen LogP contribution in [-0.2, 0) is 27.0 Å². The zero-order valence-electron chi connectivity index (χ0n) is 33.8. The van der Waals surface area contributed by atoms with Crippen LogP contribution in [0.2, 0.25) is 23.2 Å². The summed E-state index contributed by atoms with van der Waals surface area (Å²) < 4.78 is 45.5. The first-order valence-corrected chi connectivity index (χ1v) is 22.3. The molecule has 0 amide bonds. The Morgan fingerprint density at radius 3 is 2.35 bits per heavy atom. The van der Waals surface area contributed by atoms with E-state index < -0.39 is 71.7 Å². The summed E-state index contributed by atoms with van der Waals surface area (Å²) >= 11 is 7.08. The molecule has 14 heteroatoms. The van der Waals surface area contributed by atoms with Crippen LogP contribution in [0.4, 0.5) is 9.18 Å². The second-order valence-corrected chi connectivity index (χ2v) is 23.0. The van der Waals surface area contributed by atoms with Crippen molar-refractivity contribution in [2.24, 2.45) is 11.8 Å². The normalized spacial score (nSPS) is 22.2. The number of ketones is 2. The third kappa shape index (κ3) is 6.75. The quantitative estimate of drug-likeness (QED) is 0.0826. The smallest absolute Gasteiger partial charge is 0.507 e. The van der Waals surface area contributed by atoms with Crippen molar-refractivity contribution in [1.82, 2.24) is 10.1 Å². The predicted octanol–water partition coefficient (Wildman–Crippen LogP) is 9.80. The van der Waals surface area contributed by atoms with Gasteiger partial charge in [-0.1, -0.05) is 62.7 Å². The van der Waals surface area contributed by atoms with Crippen molar-refractivity contribution in [1.29, 1.82) is 0 Å². The van der Waals surface area contributed by atoms with Crippen LogP contribution < -0.4 is 9.47 Å². The molecule has 1 saturated carbocycles. The maximum absolute atomic E-state index is 15.8. The van der Waals surface area contributed by atoms with Crippen LogP contribution in [0.3, 0.4) is 0 Å². The highest BCUT2D eigenvalue weighted by molar-refractivity contribution is 6.74. The largest absolute Gasteiger partial charge is 0.514 e. The van der Waals surface area contributed by atoms with Gasteiger partial charge in [0.1, 0.15) is 29.3 Å². The Balaban J connectivity index is 1.47. The van der Waals surface area contributed by atoms with Gasteiger partial charge in [0.05, 0.1) is 16.6 Å². The van der Waals surface area contributed by atoms with E-state index in [1.807, 2.05) is 83.2 Å². The number of carbonyl (C=O) groups excluding carboxylic acids is 3. The zero-order valence-corrected chi connectivity index (χ0v) is 35.6. The molecule has 0 radical (unpaired) electrons. The van der Waals surface area contributed by atoms with Gasteiger partial charge in [-0.15, -0.1) is 0 Å². The van der Waals surface area contributed by atoms with Crippen LogP contribution in [0, 0.1) is 17.7 Å². The van der Waals surface area contributed by atoms with Gasteiger partial charge in [-0.05, 0) is 106 Å². The number of nitrogens with zero attached hydrogens (tertiary/aromatic N) is 2. The van der Waals surface area contributed by atoms with Gasteiger partial charge in [0.15, 0.2) is 25.4 Å². The van der Waals surface area contributed by atoms with E-state index in [9.17, 15) is 14.3 Å². The van der Waals surface area contributed by atoms with Gasteiger partial charge < -0.3 is 28.3 Å². The molecule has 4 aromatic rings. The van der Waals surface area contributed by atoms with Gasteiger partial charge >= 0.3 is 6.16 Å². The van der Waals surface area contributed by atoms with Crippen molar-refractivity contribution in [2.45, 2.75) is 96.4 Å². The lowest BCUT2D eigenvalue weighted by Crippen LogP contribution is -2.68. The van der Waals surface area contributed by atoms with Gasteiger partial charge in [0.2, 0.25) is 11.6 Å². The molecular formula is C43H48ClFN2O9Si. The number of benzene rings is 3. The van der Waals surface area contributed by atoms with Crippen molar-refractivity contribution in [2.75, 3.05) is 14.1 Å². The number of fused-ring (bicyclic) bond motifs is 5. The molecule has 0 aliphatic heterocycles. The van der Waals surface area contributed by atoms with Crippen LogP contribution in [-0.4, -0.2) is 66.5 Å². The van der Waals surface area contributed by atoms with E-state index in [1.54, 1.807) is 20.8 Å². The number of halogens is 2. The second kappa shape index (κ2) is 14.1. The summed E-state index contributed by atoms with van der Waals surface area (Å²) in [6, 6.07) is 12.5. The van der Waals surface area contributed by atoms with Crippen LogP contribution in [0.15, 0.2) is 58.6 Å². The summed E-state index contributed by atoms with van der Waals surface area (Å²) in [5, 5.41) is 16.9. The van der Waals surface area contributed by atoms with Crippen molar-refractivity contribution in [3.63, 3.8) is 0 Å². The molecule has 1 aromatic heterocycles. The standard InChI is InChI=1S/C43H48ClFN2O9Si/c1-41(2,3)54-40(51)53-35-26-20-24(45)16-17-25(26)32(44)27-18-23-19-28-33(47(7)8)36-31(39(46-55-36)52-21-22-14-12-11-13-15-22)38(50)43(28,56-57(9,10)42(4,5)6)37(49)29(23)34(48)30(27)35/h11-17,20,23,28,33,48H,18-19,21H2,1-10H3/t23-,28-,33-,43-/m0/s1. The van der Waals surface area contributed by atoms with Crippen molar-refractivity contribution in [3.05, 3.63) is 93.0 Å². The van der Waals surface area contributed by atoms with Crippen molar-refractivity contribution in [3.8, 4) is 11.6 Å². The van der Waals surface area contributed by atoms with Gasteiger partial charge in [-0.25, -0.2) is 9.18 Å². The average Bonchev–Trinajstić information content (AvgIpc) is 3.52. The van der Waals surface area contributed by atoms with E-state index in [4.69, 9.17) is 34.8 Å². The summed E-state index contributed by atoms with van der Waals surface area (Å²) in [5.74, 6) is -4.10. The molecule has 0 spiro atoms. The number of rotatable bonds is 7. The summed E-state index contributed by atoms with van der Waals surface area (Å²) in [5.41, 5.74) is -2.02. The fraction of sp³-hybridized carbons (Fsp3) is 0.442. The Labute approximate surface area is 337 Å². The maximum atomic E-state index is 15.8. The first-order valence-electron chi connectivity index (χ1n) is 19.0. The van der Waals surface area contributed by atoms with E-state index in [1.165, 1.54) is 12.1 Å². The summed E-state index contributed by atoms with van der Waals surface area (Å²) in [4.78, 5) is 46.4. The molecule has 1 fully saturated rings. The molecule has 7 rings (SSSR count). The van der Waals surface area contributed by atoms with E-state index >= 15 is 9.59 Å². The molecule has 0 bridgehead atoms. The summed E-state index contributed by atoms with van der Waals surface area (Å²) in [7, 11) is 0.658.